The van der Waals surface area contributed by atoms with Gasteiger partial charge in [0, 0.05) is 11.8 Å². The average Bonchev–Trinajstić information content (AvgIpc) is 2.39. The smallest absolute Gasteiger partial charge is 0.0636 e. The molecule has 0 amide bonds. The molecule has 1 rings (SSSR count). The molecule has 0 radical (unpaired) electrons. The van der Waals surface area contributed by atoms with E-state index >= 15 is 0 Å². The maximum absolute atomic E-state index is 4.89. The molecule has 1 aliphatic rings. The van der Waals surface area contributed by atoms with Crippen molar-refractivity contribution < 1.29 is 4.94 Å². The minimum atomic E-state index is 0.793. The van der Waals surface area contributed by atoms with Gasteiger partial charge >= 0.3 is 0 Å². The molecule has 0 fully saturated rings. The first-order chi connectivity index (χ1) is 9.00. The van der Waals surface area contributed by atoms with Gasteiger partial charge in [-0.15, -0.1) is 5.48 Å². The van der Waals surface area contributed by atoms with Crippen LogP contribution in [0.1, 0.15) is 77.0 Å². The van der Waals surface area contributed by atoms with Gasteiger partial charge in [-0.25, -0.2) is 0 Å². The highest BCUT2D eigenvalue weighted by molar-refractivity contribution is 4.50. The second-order valence-corrected chi connectivity index (χ2v) is 5.17. The molecule has 0 aromatic rings. The largest absolute Gasteiger partial charge is 0.280 e. The van der Waals surface area contributed by atoms with E-state index in [0.29, 0.717) is 0 Å². The van der Waals surface area contributed by atoms with E-state index in [-0.39, 0.29) is 0 Å². The van der Waals surface area contributed by atoms with Gasteiger partial charge in [0.15, 0.2) is 0 Å². The number of hydroxylamine groups is 1. The van der Waals surface area contributed by atoms with Gasteiger partial charge in [-0.05, 0) is 12.8 Å². The van der Waals surface area contributed by atoms with Gasteiger partial charge in [0.1, 0.15) is 0 Å². The van der Waals surface area contributed by atoms with Gasteiger partial charge < -0.3 is 0 Å². The first kappa shape index (κ1) is 15.4. The number of hydrogen-bond acceptors (Lipinski definition) is 4. The summed E-state index contributed by atoms with van der Waals surface area (Å²) in [6.07, 6.45) is 16.0. The monoisotopic (exact) mass is 255 g/mol. The van der Waals surface area contributed by atoms with Crippen molar-refractivity contribution in [3.63, 3.8) is 0 Å². The Morgan fingerprint density at radius 2 is 1.11 bits per heavy atom. The third-order valence-electron chi connectivity index (χ3n) is 3.45. The van der Waals surface area contributed by atoms with Crippen molar-refractivity contribution in [2.24, 2.45) is 10.4 Å². The summed E-state index contributed by atoms with van der Waals surface area (Å²) in [4.78, 5) is 4.89. The van der Waals surface area contributed by atoms with Crippen molar-refractivity contribution in [3.8, 4) is 0 Å². The number of nitrogens with one attached hydrogen (secondary N) is 1. The highest BCUT2D eigenvalue weighted by atomic mass is 16.8. The van der Waals surface area contributed by atoms with E-state index in [0.717, 1.165) is 25.9 Å². The number of nitrogens with zero attached hydrogens (tertiary/aromatic N) is 2. The maximum Gasteiger partial charge on any atom is 0.0636 e. The van der Waals surface area contributed by atoms with E-state index in [1.165, 1.54) is 64.2 Å². The van der Waals surface area contributed by atoms with E-state index in [1.54, 1.807) is 0 Å². The lowest BCUT2D eigenvalue weighted by Crippen LogP contribution is -2.12. The van der Waals surface area contributed by atoms with Crippen LogP contribution in [0, 0.1) is 0 Å². The van der Waals surface area contributed by atoms with E-state index in [4.69, 9.17) is 4.94 Å². The Bertz CT molecular complexity index is 177. The summed E-state index contributed by atoms with van der Waals surface area (Å²) in [7, 11) is 0. The topological polar surface area (TPSA) is 46.0 Å². The molecule has 0 saturated carbocycles. The summed E-state index contributed by atoms with van der Waals surface area (Å²) in [5, 5.41) is 7.62. The quantitative estimate of drug-likeness (QED) is 0.689. The van der Waals surface area contributed by atoms with Gasteiger partial charge in [0.05, 0.1) is 6.54 Å². The molecule has 0 unspecified atom stereocenters. The summed E-state index contributed by atoms with van der Waals surface area (Å²) in [5.74, 6) is 0. The summed E-state index contributed by atoms with van der Waals surface area (Å²) in [6, 6.07) is 0. The van der Waals surface area contributed by atoms with Crippen LogP contribution in [0.2, 0.25) is 0 Å². The molecular formula is C14H29N3O. The fourth-order valence-electron chi connectivity index (χ4n) is 2.29. The van der Waals surface area contributed by atoms with Crippen LogP contribution in [0.25, 0.3) is 0 Å². The van der Waals surface area contributed by atoms with Crippen molar-refractivity contribution in [2.75, 3.05) is 13.1 Å². The molecule has 106 valence electrons. The van der Waals surface area contributed by atoms with Gasteiger partial charge in [-0.1, -0.05) is 64.2 Å². The molecule has 1 heterocycles. The van der Waals surface area contributed by atoms with E-state index in [1.807, 2.05) is 0 Å². The fraction of sp³-hybridized carbons (Fsp3) is 1.00. The van der Waals surface area contributed by atoms with Crippen LogP contribution in [-0.4, -0.2) is 13.1 Å². The third-order valence-corrected chi connectivity index (χ3v) is 3.45. The van der Waals surface area contributed by atoms with Gasteiger partial charge in [-0.2, -0.15) is 5.11 Å². The summed E-state index contributed by atoms with van der Waals surface area (Å²) < 4.78 is 0. The van der Waals surface area contributed by atoms with Crippen molar-refractivity contribution in [2.45, 2.75) is 77.0 Å². The Balaban J connectivity index is 2.06. The Morgan fingerprint density at radius 3 is 1.72 bits per heavy atom. The van der Waals surface area contributed by atoms with Gasteiger partial charge in [-0.3, -0.25) is 4.94 Å². The van der Waals surface area contributed by atoms with Crippen LogP contribution in [0.3, 0.4) is 0 Å². The third kappa shape index (κ3) is 10.5. The molecule has 18 heavy (non-hydrogen) atoms. The van der Waals surface area contributed by atoms with Crippen LogP contribution >= 0.6 is 0 Å². The second kappa shape index (κ2) is 12.8. The standard InChI is InChI=1S/C14H29N3O/c1-2-4-6-8-10-12-14-16-18-17-15-13-11-9-7-5-3-1/h16H,1-14H2. The first-order valence-electron chi connectivity index (χ1n) is 7.76. The zero-order valence-corrected chi connectivity index (χ0v) is 11.7. The van der Waals surface area contributed by atoms with Crippen LogP contribution in [-0.2, 0) is 4.94 Å². The lowest BCUT2D eigenvalue weighted by molar-refractivity contribution is 0.0287. The molecule has 0 bridgehead atoms. The zero-order chi connectivity index (χ0) is 12.7. The Hall–Kier alpha value is -0.640. The number of rotatable bonds is 0. The lowest BCUT2D eigenvalue weighted by atomic mass is 10.1. The molecule has 0 aromatic carbocycles. The molecule has 4 heteroatoms. The minimum Gasteiger partial charge on any atom is -0.280 e. The molecule has 4 nitrogen and oxygen atoms in total. The minimum absolute atomic E-state index is 0.793. The predicted molar refractivity (Wildman–Crippen MR) is 74.2 cm³/mol. The summed E-state index contributed by atoms with van der Waals surface area (Å²) in [5.41, 5.74) is 2.83. The van der Waals surface area contributed by atoms with Gasteiger partial charge in [0.2, 0.25) is 0 Å². The van der Waals surface area contributed by atoms with E-state index < -0.39 is 0 Å². The lowest BCUT2D eigenvalue weighted by Gasteiger charge is -2.04. The summed E-state index contributed by atoms with van der Waals surface area (Å²) >= 11 is 0. The molecule has 0 spiro atoms. The predicted octanol–water partition coefficient (Wildman–Crippen LogP) is 4.57. The summed E-state index contributed by atoms with van der Waals surface area (Å²) in [6.45, 7) is 1.67. The van der Waals surface area contributed by atoms with E-state index in [9.17, 15) is 0 Å². The van der Waals surface area contributed by atoms with Crippen LogP contribution in [0.4, 0.5) is 0 Å². The van der Waals surface area contributed by atoms with Crippen molar-refractivity contribution in [3.05, 3.63) is 0 Å². The number of hydrogen-bond donors (Lipinski definition) is 1. The second-order valence-electron chi connectivity index (χ2n) is 5.17. The van der Waals surface area contributed by atoms with E-state index in [2.05, 4.69) is 15.9 Å². The normalized spacial score (nSPS) is 22.7. The average molecular weight is 255 g/mol. The maximum atomic E-state index is 4.89. The molecular weight excluding hydrogens is 226 g/mol. The Kier molecular flexibility index (Phi) is 11.0. The molecule has 0 saturated heterocycles. The fourth-order valence-corrected chi connectivity index (χ4v) is 2.29. The Labute approximate surface area is 111 Å². The van der Waals surface area contributed by atoms with Gasteiger partial charge in [0.25, 0.3) is 0 Å². The molecule has 0 atom stereocenters. The Morgan fingerprint density at radius 1 is 0.611 bits per heavy atom. The van der Waals surface area contributed by atoms with Crippen molar-refractivity contribution in [1.29, 1.82) is 0 Å². The van der Waals surface area contributed by atoms with Crippen LogP contribution in [0.5, 0.6) is 0 Å². The SMILES string of the molecule is C1CCCCCCCNON=NCCCCCC1. The molecule has 0 aliphatic carbocycles. The van der Waals surface area contributed by atoms with Crippen LogP contribution < -0.4 is 5.48 Å². The highest BCUT2D eigenvalue weighted by Crippen LogP contribution is 2.12. The highest BCUT2D eigenvalue weighted by Gasteiger charge is 1.95. The van der Waals surface area contributed by atoms with Crippen molar-refractivity contribution >= 4 is 0 Å². The molecule has 1 aliphatic heterocycles. The molecule has 0 aromatic heterocycles. The van der Waals surface area contributed by atoms with Crippen molar-refractivity contribution in [1.82, 2.24) is 5.48 Å². The van der Waals surface area contributed by atoms with Crippen LogP contribution in [0.15, 0.2) is 10.4 Å². The zero-order valence-electron chi connectivity index (χ0n) is 11.7. The molecule has 1 N–H and O–H groups in total. The first-order valence-corrected chi connectivity index (χ1v) is 7.76.